The van der Waals surface area contributed by atoms with E-state index in [9.17, 15) is 19.2 Å². The minimum absolute atomic E-state index is 0.146. The summed E-state index contributed by atoms with van der Waals surface area (Å²) >= 11 is 1.38. The average Bonchev–Trinajstić information content (AvgIpc) is 3.09. The van der Waals surface area contributed by atoms with Gasteiger partial charge in [0.1, 0.15) is 11.5 Å². The van der Waals surface area contributed by atoms with E-state index in [1.165, 1.54) is 11.3 Å². The van der Waals surface area contributed by atoms with Crippen LogP contribution in [0.15, 0.2) is 0 Å². The first kappa shape index (κ1) is 17.6. The Morgan fingerprint density at radius 1 is 1.12 bits per heavy atom. The molecule has 3 amide bonds. The Morgan fingerprint density at radius 2 is 1.80 bits per heavy atom. The number of carbonyl (C=O) groups is 4. The van der Waals surface area contributed by atoms with Gasteiger partial charge in [0.2, 0.25) is 17.7 Å². The van der Waals surface area contributed by atoms with Crippen molar-refractivity contribution >= 4 is 40.0 Å². The number of hydrogen-bond acceptors (Lipinski definition) is 6. The normalized spacial score (nSPS) is 16.8. The molecule has 2 heterocycles. The second-order valence-corrected chi connectivity index (χ2v) is 7.16. The number of imide groups is 1. The molecule has 1 aromatic rings. The predicted molar refractivity (Wildman–Crippen MR) is 91.5 cm³/mol. The third kappa shape index (κ3) is 3.58. The number of rotatable bonds is 5. The Hall–Kier alpha value is -2.22. The summed E-state index contributed by atoms with van der Waals surface area (Å²) in [5.41, 5.74) is 1.38. The smallest absolute Gasteiger partial charge is 0.341 e. The maximum Gasteiger partial charge on any atom is 0.341 e. The highest BCUT2D eigenvalue weighted by molar-refractivity contribution is 7.17. The number of amides is 3. The van der Waals surface area contributed by atoms with Crippen molar-refractivity contribution in [3.63, 3.8) is 0 Å². The fourth-order valence-electron chi connectivity index (χ4n) is 3.18. The highest BCUT2D eigenvalue weighted by atomic mass is 32.1. The third-order valence-corrected chi connectivity index (χ3v) is 5.57. The summed E-state index contributed by atoms with van der Waals surface area (Å²) in [4.78, 5) is 50.0. The molecule has 8 heteroatoms. The molecule has 3 rings (SSSR count). The SMILES string of the molecule is CCOC(=O)c1c(NC(=O)CN2C(=O)CCC2=O)sc2c1CCCC2. The highest BCUT2D eigenvalue weighted by Gasteiger charge is 2.32. The molecule has 0 spiro atoms. The van der Waals surface area contributed by atoms with Crippen LogP contribution in [0.2, 0.25) is 0 Å². The number of thiophene rings is 1. The predicted octanol–water partition coefficient (Wildman–Crippen LogP) is 1.89. The molecular formula is C17H20N2O5S. The van der Waals surface area contributed by atoms with Gasteiger partial charge in [-0.05, 0) is 38.2 Å². The molecule has 1 aromatic heterocycles. The first-order chi connectivity index (χ1) is 12.0. The van der Waals surface area contributed by atoms with Crippen molar-refractivity contribution in [2.24, 2.45) is 0 Å². The Kier molecular flexibility index (Phi) is 5.17. The van der Waals surface area contributed by atoms with E-state index in [0.29, 0.717) is 10.6 Å². The Bertz CT molecular complexity index is 724. The third-order valence-electron chi connectivity index (χ3n) is 4.36. The van der Waals surface area contributed by atoms with Crippen LogP contribution in [0.5, 0.6) is 0 Å². The Balaban J connectivity index is 1.80. The lowest BCUT2D eigenvalue weighted by Crippen LogP contribution is -2.37. The number of aryl methyl sites for hydroxylation is 1. The van der Waals surface area contributed by atoms with Crippen LogP contribution in [0.3, 0.4) is 0 Å². The molecule has 0 radical (unpaired) electrons. The second-order valence-electron chi connectivity index (χ2n) is 6.06. The van der Waals surface area contributed by atoms with Crippen LogP contribution in [0.4, 0.5) is 5.00 Å². The standard InChI is InChI=1S/C17H20N2O5S/c1-2-24-17(23)15-10-5-3-4-6-11(10)25-16(15)18-12(20)9-19-13(21)7-8-14(19)22/h2-9H2,1H3,(H,18,20). The number of anilines is 1. The molecular weight excluding hydrogens is 344 g/mol. The number of ether oxygens (including phenoxy) is 1. The number of nitrogens with one attached hydrogen (secondary N) is 1. The highest BCUT2D eigenvalue weighted by Crippen LogP contribution is 2.38. The molecule has 1 N–H and O–H groups in total. The number of hydrogen-bond donors (Lipinski definition) is 1. The monoisotopic (exact) mass is 364 g/mol. The summed E-state index contributed by atoms with van der Waals surface area (Å²) in [5.74, 6) is -1.59. The van der Waals surface area contributed by atoms with Crippen molar-refractivity contribution < 1.29 is 23.9 Å². The molecule has 0 bridgehead atoms. The topological polar surface area (TPSA) is 92.8 Å². The lowest BCUT2D eigenvalue weighted by molar-refractivity contribution is -0.141. The van der Waals surface area contributed by atoms with Gasteiger partial charge in [0, 0.05) is 17.7 Å². The van der Waals surface area contributed by atoms with Gasteiger partial charge >= 0.3 is 5.97 Å². The van der Waals surface area contributed by atoms with Gasteiger partial charge in [-0.2, -0.15) is 0 Å². The lowest BCUT2D eigenvalue weighted by Gasteiger charge is -2.14. The molecule has 1 aliphatic carbocycles. The molecule has 0 saturated carbocycles. The summed E-state index contributed by atoms with van der Waals surface area (Å²) in [6.07, 6.45) is 4.02. The van der Waals surface area contributed by atoms with Crippen LogP contribution >= 0.6 is 11.3 Å². The van der Waals surface area contributed by atoms with E-state index >= 15 is 0 Å². The zero-order chi connectivity index (χ0) is 18.0. The number of carbonyl (C=O) groups excluding carboxylic acids is 4. The van der Waals surface area contributed by atoms with Crippen LogP contribution in [0.1, 0.15) is 53.4 Å². The first-order valence-electron chi connectivity index (χ1n) is 8.46. The quantitative estimate of drug-likeness (QED) is 0.636. The van der Waals surface area contributed by atoms with Gasteiger partial charge in [-0.15, -0.1) is 11.3 Å². The zero-order valence-electron chi connectivity index (χ0n) is 14.1. The molecule has 2 aliphatic rings. The van der Waals surface area contributed by atoms with Gasteiger partial charge in [0.05, 0.1) is 12.2 Å². The molecule has 7 nitrogen and oxygen atoms in total. The number of esters is 1. The Labute approximate surface area is 149 Å². The second kappa shape index (κ2) is 7.35. The number of likely N-dealkylation sites (tertiary alicyclic amines) is 1. The molecule has 134 valence electrons. The van der Waals surface area contributed by atoms with Gasteiger partial charge < -0.3 is 10.1 Å². The van der Waals surface area contributed by atoms with Crippen molar-refractivity contribution in [1.82, 2.24) is 4.90 Å². The summed E-state index contributed by atoms with van der Waals surface area (Å²) in [5, 5.41) is 3.16. The van der Waals surface area contributed by atoms with Crippen molar-refractivity contribution in [2.45, 2.75) is 45.4 Å². The van der Waals surface area contributed by atoms with Crippen molar-refractivity contribution in [2.75, 3.05) is 18.5 Å². The van der Waals surface area contributed by atoms with Gasteiger partial charge in [-0.3, -0.25) is 19.3 Å². The molecule has 0 aromatic carbocycles. The molecule has 1 aliphatic heterocycles. The van der Waals surface area contributed by atoms with E-state index in [0.717, 1.165) is 41.0 Å². The lowest BCUT2D eigenvalue weighted by atomic mass is 9.95. The van der Waals surface area contributed by atoms with Crippen molar-refractivity contribution in [1.29, 1.82) is 0 Å². The van der Waals surface area contributed by atoms with Crippen molar-refractivity contribution in [3.05, 3.63) is 16.0 Å². The van der Waals surface area contributed by atoms with E-state index in [1.807, 2.05) is 0 Å². The average molecular weight is 364 g/mol. The van der Waals surface area contributed by atoms with Crippen LogP contribution < -0.4 is 5.32 Å². The van der Waals surface area contributed by atoms with Crippen LogP contribution in [0.25, 0.3) is 0 Å². The van der Waals surface area contributed by atoms with Crippen molar-refractivity contribution in [3.8, 4) is 0 Å². The molecule has 25 heavy (non-hydrogen) atoms. The van der Waals surface area contributed by atoms with Gasteiger partial charge in [-0.1, -0.05) is 0 Å². The van der Waals surface area contributed by atoms with Gasteiger partial charge in [0.15, 0.2) is 0 Å². The summed E-state index contributed by atoms with van der Waals surface area (Å²) in [6.45, 7) is 1.68. The number of nitrogens with zero attached hydrogens (tertiary/aromatic N) is 1. The van der Waals surface area contributed by atoms with Crippen LogP contribution in [-0.2, 0) is 32.0 Å². The zero-order valence-corrected chi connectivity index (χ0v) is 14.9. The molecule has 0 atom stereocenters. The maximum atomic E-state index is 12.3. The van der Waals surface area contributed by atoms with Gasteiger partial charge in [-0.25, -0.2) is 4.79 Å². The molecule has 1 fully saturated rings. The fourth-order valence-corrected chi connectivity index (χ4v) is 4.48. The minimum Gasteiger partial charge on any atom is -0.462 e. The molecule has 1 saturated heterocycles. The first-order valence-corrected chi connectivity index (χ1v) is 9.27. The largest absolute Gasteiger partial charge is 0.462 e. The van der Waals surface area contributed by atoms with Crippen LogP contribution in [-0.4, -0.2) is 41.7 Å². The summed E-state index contributed by atoms with van der Waals surface area (Å²) < 4.78 is 5.14. The van der Waals surface area contributed by atoms with Crippen LogP contribution in [0, 0.1) is 0 Å². The molecule has 0 unspecified atom stereocenters. The minimum atomic E-state index is -0.479. The van der Waals surface area contributed by atoms with Gasteiger partial charge in [0.25, 0.3) is 0 Å². The van der Waals surface area contributed by atoms with E-state index in [4.69, 9.17) is 4.74 Å². The van der Waals surface area contributed by atoms with E-state index in [1.54, 1.807) is 6.92 Å². The maximum absolute atomic E-state index is 12.3. The van der Waals surface area contributed by atoms with E-state index in [2.05, 4.69) is 5.32 Å². The summed E-state index contributed by atoms with van der Waals surface area (Å²) in [7, 11) is 0. The number of fused-ring (bicyclic) bond motifs is 1. The van der Waals surface area contributed by atoms with E-state index in [-0.39, 0.29) is 37.8 Å². The Morgan fingerprint density at radius 3 is 2.48 bits per heavy atom. The summed E-state index contributed by atoms with van der Waals surface area (Å²) in [6, 6.07) is 0. The fraction of sp³-hybridized carbons (Fsp3) is 0.529. The van der Waals surface area contributed by atoms with E-state index < -0.39 is 11.9 Å².